The maximum atomic E-state index is 5.47. The fraction of sp³-hybridized carbons (Fsp3) is 0.273. The molecule has 0 saturated heterocycles. The normalized spacial score (nSPS) is 23.0. The van der Waals surface area contributed by atoms with Gasteiger partial charge in [-0.05, 0) is 12.0 Å². The molecule has 1 aliphatic rings. The van der Waals surface area contributed by atoms with Gasteiger partial charge in [-0.15, -0.1) is 0 Å². The lowest BCUT2D eigenvalue weighted by atomic mass is 10.1. The SMILES string of the molecule is Nc1nsc(NC2CC2c2ccccc2)n1. The number of nitrogens with one attached hydrogen (secondary N) is 1. The van der Waals surface area contributed by atoms with Crippen LogP contribution in [0.15, 0.2) is 30.3 Å². The van der Waals surface area contributed by atoms with Crippen LogP contribution in [0.1, 0.15) is 17.9 Å². The Bertz CT molecular complexity index is 482. The van der Waals surface area contributed by atoms with Crippen LogP contribution in [0.5, 0.6) is 0 Å². The molecule has 1 aliphatic carbocycles. The Morgan fingerprint density at radius 2 is 2.12 bits per heavy atom. The van der Waals surface area contributed by atoms with E-state index in [1.807, 2.05) is 6.07 Å². The van der Waals surface area contributed by atoms with Crippen molar-refractivity contribution in [3.05, 3.63) is 35.9 Å². The number of nitrogens with two attached hydrogens (primary N) is 1. The first kappa shape index (κ1) is 9.59. The van der Waals surface area contributed by atoms with Crippen LogP contribution >= 0.6 is 11.5 Å². The van der Waals surface area contributed by atoms with Gasteiger partial charge in [0.1, 0.15) is 0 Å². The maximum absolute atomic E-state index is 5.47. The quantitative estimate of drug-likeness (QED) is 0.850. The molecule has 2 aromatic rings. The molecule has 1 aromatic heterocycles. The Hall–Kier alpha value is -1.62. The van der Waals surface area contributed by atoms with Crippen molar-refractivity contribution in [3.8, 4) is 0 Å². The zero-order valence-corrected chi connectivity index (χ0v) is 9.45. The lowest BCUT2D eigenvalue weighted by Gasteiger charge is -2.00. The molecule has 5 heteroatoms. The van der Waals surface area contributed by atoms with E-state index in [1.165, 1.54) is 17.1 Å². The molecule has 82 valence electrons. The zero-order chi connectivity index (χ0) is 11.0. The Kier molecular flexibility index (Phi) is 2.25. The summed E-state index contributed by atoms with van der Waals surface area (Å²) in [7, 11) is 0. The molecule has 2 atom stereocenters. The molecule has 0 spiro atoms. The molecule has 16 heavy (non-hydrogen) atoms. The highest BCUT2D eigenvalue weighted by molar-refractivity contribution is 7.09. The maximum Gasteiger partial charge on any atom is 0.233 e. The predicted octanol–water partition coefficient (Wildman–Crippen LogP) is 2.09. The standard InChI is InChI=1S/C11H12N4S/c12-10-14-11(16-15-10)13-9-6-8(9)7-4-2-1-3-5-7/h1-5,8-9H,6H2,(H3,12,13,14,15). The number of anilines is 2. The van der Waals surface area contributed by atoms with Gasteiger partial charge in [-0.2, -0.15) is 9.36 Å². The Balaban J connectivity index is 1.65. The van der Waals surface area contributed by atoms with Gasteiger partial charge in [0.15, 0.2) is 0 Å². The topological polar surface area (TPSA) is 63.8 Å². The average Bonchev–Trinajstić information content (AvgIpc) is 2.95. The van der Waals surface area contributed by atoms with Crippen molar-refractivity contribution in [1.29, 1.82) is 0 Å². The van der Waals surface area contributed by atoms with Gasteiger partial charge < -0.3 is 11.1 Å². The summed E-state index contributed by atoms with van der Waals surface area (Å²) >= 11 is 1.32. The summed E-state index contributed by atoms with van der Waals surface area (Å²) in [5, 5.41) is 4.17. The highest BCUT2D eigenvalue weighted by atomic mass is 32.1. The van der Waals surface area contributed by atoms with Crippen LogP contribution in [0.2, 0.25) is 0 Å². The number of nitrogens with zero attached hydrogens (tertiary/aromatic N) is 2. The second-order valence-electron chi connectivity index (χ2n) is 3.96. The molecule has 1 aromatic carbocycles. The number of benzene rings is 1. The van der Waals surface area contributed by atoms with E-state index in [1.54, 1.807) is 0 Å². The van der Waals surface area contributed by atoms with Crippen molar-refractivity contribution in [2.75, 3.05) is 11.1 Å². The lowest BCUT2D eigenvalue weighted by Crippen LogP contribution is -2.03. The van der Waals surface area contributed by atoms with Crippen LogP contribution in [-0.4, -0.2) is 15.4 Å². The van der Waals surface area contributed by atoms with Crippen LogP contribution in [0, 0.1) is 0 Å². The number of hydrogen-bond donors (Lipinski definition) is 2. The van der Waals surface area contributed by atoms with Crippen molar-refractivity contribution in [1.82, 2.24) is 9.36 Å². The minimum atomic E-state index is 0.351. The van der Waals surface area contributed by atoms with Gasteiger partial charge >= 0.3 is 0 Å². The van der Waals surface area contributed by atoms with E-state index in [0.717, 1.165) is 11.6 Å². The van der Waals surface area contributed by atoms with Crippen LogP contribution in [0.4, 0.5) is 11.1 Å². The molecule has 2 unspecified atom stereocenters. The van der Waals surface area contributed by atoms with Crippen molar-refractivity contribution < 1.29 is 0 Å². The molecule has 0 amide bonds. The van der Waals surface area contributed by atoms with E-state index in [2.05, 4.69) is 38.9 Å². The number of nitrogen functional groups attached to an aromatic ring is 1. The first-order chi connectivity index (χ1) is 7.83. The van der Waals surface area contributed by atoms with Gasteiger partial charge in [-0.25, -0.2) is 0 Å². The van der Waals surface area contributed by atoms with Gasteiger partial charge in [0.05, 0.1) is 0 Å². The zero-order valence-electron chi connectivity index (χ0n) is 8.63. The highest BCUT2D eigenvalue weighted by Crippen LogP contribution is 2.42. The lowest BCUT2D eigenvalue weighted by molar-refractivity contribution is 1.04. The number of rotatable bonds is 3. The summed E-state index contributed by atoms with van der Waals surface area (Å²) in [6.07, 6.45) is 1.16. The second-order valence-corrected chi connectivity index (χ2v) is 4.71. The van der Waals surface area contributed by atoms with Gasteiger partial charge in [-0.3, -0.25) is 0 Å². The third-order valence-electron chi connectivity index (χ3n) is 2.77. The molecule has 1 saturated carbocycles. The monoisotopic (exact) mass is 232 g/mol. The largest absolute Gasteiger partial charge is 0.367 e. The van der Waals surface area contributed by atoms with E-state index in [0.29, 0.717) is 17.9 Å². The third-order valence-corrected chi connectivity index (χ3v) is 3.43. The van der Waals surface area contributed by atoms with E-state index in [9.17, 15) is 0 Å². The third kappa shape index (κ3) is 1.86. The molecule has 4 nitrogen and oxygen atoms in total. The fourth-order valence-electron chi connectivity index (χ4n) is 1.88. The molecular weight excluding hydrogens is 220 g/mol. The molecule has 1 heterocycles. The summed E-state index contributed by atoms with van der Waals surface area (Å²) in [4.78, 5) is 4.09. The summed E-state index contributed by atoms with van der Waals surface area (Å²) in [6.45, 7) is 0. The van der Waals surface area contributed by atoms with E-state index < -0.39 is 0 Å². The summed E-state index contributed by atoms with van der Waals surface area (Å²) in [5.41, 5.74) is 6.86. The smallest absolute Gasteiger partial charge is 0.233 e. The van der Waals surface area contributed by atoms with Gasteiger partial charge in [0.25, 0.3) is 0 Å². The minimum Gasteiger partial charge on any atom is -0.367 e. The molecule has 0 bridgehead atoms. The van der Waals surface area contributed by atoms with Crippen molar-refractivity contribution in [2.45, 2.75) is 18.4 Å². The predicted molar refractivity (Wildman–Crippen MR) is 65.5 cm³/mol. The van der Waals surface area contributed by atoms with Crippen molar-refractivity contribution in [3.63, 3.8) is 0 Å². The number of aromatic nitrogens is 2. The average molecular weight is 232 g/mol. The first-order valence-corrected chi connectivity index (χ1v) is 6.01. The van der Waals surface area contributed by atoms with Crippen LogP contribution < -0.4 is 11.1 Å². The number of hydrogen-bond acceptors (Lipinski definition) is 5. The van der Waals surface area contributed by atoms with E-state index in [4.69, 9.17) is 5.73 Å². The molecule has 3 rings (SSSR count). The van der Waals surface area contributed by atoms with Crippen LogP contribution in [0.3, 0.4) is 0 Å². The van der Waals surface area contributed by atoms with Crippen LogP contribution in [-0.2, 0) is 0 Å². The van der Waals surface area contributed by atoms with Crippen molar-refractivity contribution in [2.24, 2.45) is 0 Å². The van der Waals surface area contributed by atoms with Gasteiger partial charge in [0, 0.05) is 23.5 Å². The van der Waals surface area contributed by atoms with Crippen molar-refractivity contribution >= 4 is 22.6 Å². The molecule has 0 radical (unpaired) electrons. The van der Waals surface area contributed by atoms with E-state index in [-0.39, 0.29) is 0 Å². The highest BCUT2D eigenvalue weighted by Gasteiger charge is 2.38. The fourth-order valence-corrected chi connectivity index (χ4v) is 2.43. The summed E-state index contributed by atoms with van der Waals surface area (Å²) in [5.74, 6) is 0.954. The second kappa shape index (κ2) is 3.75. The molecular formula is C11H12N4S. The van der Waals surface area contributed by atoms with Gasteiger partial charge in [-0.1, -0.05) is 30.3 Å². The van der Waals surface area contributed by atoms with Gasteiger partial charge in [0.2, 0.25) is 11.1 Å². The molecule has 1 fully saturated rings. The molecule has 3 N–H and O–H groups in total. The summed E-state index contributed by atoms with van der Waals surface area (Å²) in [6, 6.07) is 11.0. The van der Waals surface area contributed by atoms with Crippen LogP contribution in [0.25, 0.3) is 0 Å². The minimum absolute atomic E-state index is 0.351. The Morgan fingerprint density at radius 3 is 2.81 bits per heavy atom. The van der Waals surface area contributed by atoms with E-state index >= 15 is 0 Å². The first-order valence-electron chi connectivity index (χ1n) is 5.23. The Labute approximate surface area is 97.7 Å². The summed E-state index contributed by atoms with van der Waals surface area (Å²) < 4.78 is 3.94. The molecule has 0 aliphatic heterocycles. The Morgan fingerprint density at radius 1 is 1.31 bits per heavy atom.